The summed E-state index contributed by atoms with van der Waals surface area (Å²) < 4.78 is 0. The number of thioether (sulfide) groups is 1. The maximum atomic E-state index is 11.1. The highest BCUT2D eigenvalue weighted by Gasteiger charge is 2.17. The maximum absolute atomic E-state index is 11.1. The molecule has 0 radical (unpaired) electrons. The first-order valence-electron chi connectivity index (χ1n) is 3.89. The lowest BCUT2D eigenvalue weighted by molar-refractivity contribution is -0.385. The highest BCUT2D eigenvalue weighted by atomic mass is 32.2. The van der Waals surface area contributed by atoms with Crippen LogP contribution in [-0.4, -0.2) is 17.0 Å². The topological polar surface area (TPSA) is 60.2 Å². The van der Waals surface area contributed by atoms with Crippen molar-refractivity contribution in [1.29, 1.82) is 0 Å². The van der Waals surface area contributed by atoms with E-state index >= 15 is 0 Å². The summed E-state index contributed by atoms with van der Waals surface area (Å²) in [6, 6.07) is 4.61. The normalized spacial score (nSPS) is 9.86. The van der Waals surface area contributed by atoms with Crippen molar-refractivity contribution >= 4 is 23.2 Å². The molecule has 74 valence electrons. The van der Waals surface area contributed by atoms with Crippen molar-refractivity contribution in [3.8, 4) is 0 Å². The molecule has 0 heterocycles. The Balaban J connectivity index is 3.31. The average Bonchev–Trinajstić information content (AvgIpc) is 2.16. The molecule has 1 aromatic rings. The minimum atomic E-state index is -0.531. The van der Waals surface area contributed by atoms with Crippen molar-refractivity contribution in [2.75, 3.05) is 6.26 Å². The summed E-state index contributed by atoms with van der Waals surface area (Å²) in [6.45, 7) is 1.32. The second-order valence-electron chi connectivity index (χ2n) is 2.70. The molecule has 0 saturated carbocycles. The van der Waals surface area contributed by atoms with Gasteiger partial charge in [-0.15, -0.1) is 11.8 Å². The van der Waals surface area contributed by atoms with E-state index in [-0.39, 0.29) is 17.0 Å². The van der Waals surface area contributed by atoms with Crippen LogP contribution in [0.4, 0.5) is 5.69 Å². The van der Waals surface area contributed by atoms with Crippen LogP contribution >= 0.6 is 11.8 Å². The van der Waals surface area contributed by atoms with Crippen LogP contribution < -0.4 is 0 Å². The van der Waals surface area contributed by atoms with Gasteiger partial charge in [0.15, 0.2) is 5.78 Å². The highest BCUT2D eigenvalue weighted by molar-refractivity contribution is 7.98. The minimum absolute atomic E-state index is 0.121. The van der Waals surface area contributed by atoms with E-state index in [2.05, 4.69) is 0 Å². The van der Waals surface area contributed by atoms with Gasteiger partial charge in [0.25, 0.3) is 5.69 Å². The molecule has 0 spiro atoms. The van der Waals surface area contributed by atoms with E-state index in [1.54, 1.807) is 6.07 Å². The van der Waals surface area contributed by atoms with Gasteiger partial charge in [-0.25, -0.2) is 0 Å². The number of nitro groups is 1. The van der Waals surface area contributed by atoms with Gasteiger partial charge in [-0.3, -0.25) is 14.9 Å². The number of hydrogen-bond acceptors (Lipinski definition) is 4. The second-order valence-corrected chi connectivity index (χ2v) is 3.58. The van der Waals surface area contributed by atoms with E-state index in [0.29, 0.717) is 0 Å². The monoisotopic (exact) mass is 211 g/mol. The molecule has 0 N–H and O–H groups in total. The fraction of sp³-hybridized carbons (Fsp3) is 0.222. The molecule has 0 atom stereocenters. The van der Waals surface area contributed by atoms with Gasteiger partial charge in [0.2, 0.25) is 0 Å². The van der Waals surface area contributed by atoms with Crippen LogP contribution in [-0.2, 0) is 0 Å². The van der Waals surface area contributed by atoms with Crippen LogP contribution in [0.15, 0.2) is 23.1 Å². The summed E-state index contributed by atoms with van der Waals surface area (Å²) >= 11 is 1.41. The zero-order chi connectivity index (χ0) is 10.7. The molecule has 0 amide bonds. The molecular weight excluding hydrogens is 202 g/mol. The lowest BCUT2D eigenvalue weighted by Crippen LogP contribution is -1.99. The standard InChI is InChI=1S/C9H9NO3S/c1-6(11)8-4-3-7(14-2)5-9(8)10(12)13/h3-5H,1-2H3. The Kier molecular flexibility index (Phi) is 3.24. The molecule has 0 aliphatic carbocycles. The van der Waals surface area contributed by atoms with Gasteiger partial charge in [-0.2, -0.15) is 0 Å². The largest absolute Gasteiger partial charge is 0.294 e. The van der Waals surface area contributed by atoms with Gasteiger partial charge in [0.1, 0.15) is 0 Å². The van der Waals surface area contributed by atoms with E-state index in [1.165, 1.54) is 30.8 Å². The van der Waals surface area contributed by atoms with Crippen LogP contribution in [0.25, 0.3) is 0 Å². The number of benzene rings is 1. The molecule has 0 aliphatic heterocycles. The average molecular weight is 211 g/mol. The minimum Gasteiger partial charge on any atom is -0.294 e. The van der Waals surface area contributed by atoms with Crippen molar-refractivity contribution in [1.82, 2.24) is 0 Å². The number of ketones is 1. The molecule has 0 aromatic heterocycles. The number of Topliss-reactive ketones (excluding diaryl/α,β-unsaturated/α-hetero) is 1. The third-order valence-electron chi connectivity index (χ3n) is 1.78. The van der Waals surface area contributed by atoms with Crippen LogP contribution in [0.2, 0.25) is 0 Å². The smallest absolute Gasteiger partial charge is 0.281 e. The summed E-state index contributed by atoms with van der Waals surface area (Å²) in [5, 5.41) is 10.6. The Morgan fingerprint density at radius 2 is 2.14 bits per heavy atom. The summed E-state index contributed by atoms with van der Waals surface area (Å²) in [7, 11) is 0. The summed E-state index contributed by atoms with van der Waals surface area (Å²) in [5.41, 5.74) is 0.0390. The molecule has 0 fully saturated rings. The Labute approximate surface area is 85.5 Å². The molecule has 14 heavy (non-hydrogen) atoms. The fourth-order valence-electron chi connectivity index (χ4n) is 1.09. The first kappa shape index (κ1) is 10.7. The Morgan fingerprint density at radius 1 is 1.50 bits per heavy atom. The molecule has 0 bridgehead atoms. The van der Waals surface area contributed by atoms with Crippen molar-refractivity contribution < 1.29 is 9.72 Å². The predicted molar refractivity (Wildman–Crippen MR) is 54.9 cm³/mol. The fourth-order valence-corrected chi connectivity index (χ4v) is 1.52. The number of rotatable bonds is 3. The highest BCUT2D eigenvalue weighted by Crippen LogP contribution is 2.25. The van der Waals surface area contributed by atoms with Crippen LogP contribution in [0, 0.1) is 10.1 Å². The molecule has 0 saturated heterocycles. The number of carbonyl (C=O) groups is 1. The summed E-state index contributed by atoms with van der Waals surface area (Å²) in [6.07, 6.45) is 1.83. The molecule has 0 unspecified atom stereocenters. The van der Waals surface area contributed by atoms with Gasteiger partial charge in [0.05, 0.1) is 10.5 Å². The molecule has 0 aliphatic rings. The van der Waals surface area contributed by atoms with Gasteiger partial charge >= 0.3 is 0 Å². The predicted octanol–water partition coefficient (Wildman–Crippen LogP) is 2.52. The first-order valence-corrected chi connectivity index (χ1v) is 5.12. The molecular formula is C9H9NO3S. The summed E-state index contributed by atoms with van der Waals surface area (Å²) in [5.74, 6) is -0.288. The van der Waals surface area contributed by atoms with E-state index in [4.69, 9.17) is 0 Å². The van der Waals surface area contributed by atoms with Gasteiger partial charge in [-0.05, 0) is 25.3 Å². The van der Waals surface area contributed by atoms with E-state index in [9.17, 15) is 14.9 Å². The Morgan fingerprint density at radius 3 is 2.57 bits per heavy atom. The van der Waals surface area contributed by atoms with E-state index < -0.39 is 4.92 Å². The van der Waals surface area contributed by atoms with Crippen LogP contribution in [0.5, 0.6) is 0 Å². The third-order valence-corrected chi connectivity index (χ3v) is 2.51. The van der Waals surface area contributed by atoms with Crippen LogP contribution in [0.3, 0.4) is 0 Å². The summed E-state index contributed by atoms with van der Waals surface area (Å²) in [4.78, 5) is 21.9. The quantitative estimate of drug-likeness (QED) is 0.333. The van der Waals surface area contributed by atoms with Crippen molar-refractivity contribution in [2.24, 2.45) is 0 Å². The van der Waals surface area contributed by atoms with E-state index in [1.807, 2.05) is 6.26 Å². The molecule has 4 nitrogen and oxygen atoms in total. The number of hydrogen-bond donors (Lipinski definition) is 0. The number of nitro benzene ring substituents is 1. The van der Waals surface area contributed by atoms with Gasteiger partial charge < -0.3 is 0 Å². The zero-order valence-electron chi connectivity index (χ0n) is 7.81. The molecule has 5 heteroatoms. The lowest BCUT2D eigenvalue weighted by Gasteiger charge is -2.00. The van der Waals surface area contributed by atoms with Crippen molar-refractivity contribution in [2.45, 2.75) is 11.8 Å². The maximum Gasteiger partial charge on any atom is 0.281 e. The molecule has 1 rings (SSSR count). The van der Waals surface area contributed by atoms with Gasteiger partial charge in [-0.1, -0.05) is 0 Å². The Hall–Kier alpha value is -1.36. The number of nitrogens with zero attached hydrogens (tertiary/aromatic N) is 1. The molecule has 1 aromatic carbocycles. The SMILES string of the molecule is CSc1ccc(C(C)=O)c([N+](=O)[O-])c1. The van der Waals surface area contributed by atoms with E-state index in [0.717, 1.165) is 4.90 Å². The van der Waals surface area contributed by atoms with Gasteiger partial charge in [0, 0.05) is 11.0 Å². The second kappa shape index (κ2) is 4.23. The van der Waals surface area contributed by atoms with Crippen LogP contribution in [0.1, 0.15) is 17.3 Å². The Bertz CT molecular complexity index is 390. The van der Waals surface area contributed by atoms with Crippen molar-refractivity contribution in [3.63, 3.8) is 0 Å². The number of carbonyl (C=O) groups excluding carboxylic acids is 1. The zero-order valence-corrected chi connectivity index (χ0v) is 8.63. The van der Waals surface area contributed by atoms with Crippen molar-refractivity contribution in [3.05, 3.63) is 33.9 Å². The third kappa shape index (κ3) is 2.11. The lowest BCUT2D eigenvalue weighted by atomic mass is 10.1. The first-order chi connectivity index (χ1) is 6.56.